The standard InChI is InChI=1S/C21H24N2O3/c1-14-5-7-15(8-6-14)9-10-20(25)19-12-18(24)13-23(19)21(26)16-3-2-4-17(22)11-16/h2-8,11,18-19,24H,9-10,12-13,22H2,1H3/t18-,19+/m1/s1. The Labute approximate surface area is 153 Å². The largest absolute Gasteiger partial charge is 0.399 e. The topological polar surface area (TPSA) is 83.6 Å². The van der Waals surface area contributed by atoms with Gasteiger partial charge in [-0.15, -0.1) is 0 Å². The van der Waals surface area contributed by atoms with Crippen LogP contribution in [0.1, 0.15) is 34.3 Å². The van der Waals surface area contributed by atoms with E-state index in [2.05, 4.69) is 0 Å². The maximum Gasteiger partial charge on any atom is 0.254 e. The van der Waals surface area contributed by atoms with Crippen molar-refractivity contribution in [2.75, 3.05) is 12.3 Å². The van der Waals surface area contributed by atoms with Crippen LogP contribution in [0, 0.1) is 6.92 Å². The van der Waals surface area contributed by atoms with Crippen molar-refractivity contribution in [1.82, 2.24) is 4.90 Å². The van der Waals surface area contributed by atoms with Crippen LogP contribution in [0.25, 0.3) is 0 Å². The van der Waals surface area contributed by atoms with E-state index in [1.807, 2.05) is 31.2 Å². The Morgan fingerprint density at radius 2 is 1.92 bits per heavy atom. The van der Waals surface area contributed by atoms with Gasteiger partial charge >= 0.3 is 0 Å². The summed E-state index contributed by atoms with van der Waals surface area (Å²) in [4.78, 5) is 27.0. The highest BCUT2D eigenvalue weighted by atomic mass is 16.3. The Kier molecular flexibility index (Phi) is 5.38. The summed E-state index contributed by atoms with van der Waals surface area (Å²) in [5.74, 6) is -0.276. The molecule has 5 heteroatoms. The van der Waals surface area contributed by atoms with Crippen molar-refractivity contribution in [2.24, 2.45) is 0 Å². The Bertz CT molecular complexity index is 801. The third kappa shape index (κ3) is 4.11. The molecule has 1 amide bonds. The molecule has 0 saturated carbocycles. The summed E-state index contributed by atoms with van der Waals surface area (Å²) in [5, 5.41) is 10.0. The highest BCUT2D eigenvalue weighted by molar-refractivity contribution is 5.99. The number of amides is 1. The quantitative estimate of drug-likeness (QED) is 0.809. The molecule has 0 spiro atoms. The van der Waals surface area contributed by atoms with Crippen molar-refractivity contribution in [3.05, 3.63) is 65.2 Å². The van der Waals surface area contributed by atoms with E-state index in [1.165, 1.54) is 10.5 Å². The summed E-state index contributed by atoms with van der Waals surface area (Å²) in [6.07, 6.45) is 0.599. The van der Waals surface area contributed by atoms with Crippen LogP contribution >= 0.6 is 0 Å². The summed E-state index contributed by atoms with van der Waals surface area (Å²) in [5.41, 5.74) is 8.96. The SMILES string of the molecule is Cc1ccc(CCC(=O)[C@@H]2C[C@@H](O)CN2C(=O)c2cccc(N)c2)cc1. The minimum Gasteiger partial charge on any atom is -0.399 e. The molecule has 3 N–H and O–H groups in total. The van der Waals surface area contributed by atoms with Gasteiger partial charge in [-0.3, -0.25) is 9.59 Å². The first kappa shape index (κ1) is 18.1. The fraction of sp³-hybridized carbons (Fsp3) is 0.333. The number of hydrogen-bond acceptors (Lipinski definition) is 4. The monoisotopic (exact) mass is 352 g/mol. The number of aryl methyl sites for hydroxylation is 2. The number of carbonyl (C=O) groups excluding carboxylic acids is 2. The van der Waals surface area contributed by atoms with E-state index < -0.39 is 12.1 Å². The maximum atomic E-state index is 12.8. The van der Waals surface area contributed by atoms with Gasteiger partial charge in [-0.05, 0) is 37.1 Å². The first-order chi connectivity index (χ1) is 12.4. The van der Waals surface area contributed by atoms with Gasteiger partial charge < -0.3 is 15.7 Å². The number of β-amino-alcohol motifs (C(OH)–C–C–N with tert-alkyl or cyclic N) is 1. The number of nitrogens with zero attached hydrogens (tertiary/aromatic N) is 1. The Hall–Kier alpha value is -2.66. The van der Waals surface area contributed by atoms with Crippen LogP contribution in [-0.4, -0.2) is 40.4 Å². The molecule has 1 saturated heterocycles. The summed E-state index contributed by atoms with van der Waals surface area (Å²) >= 11 is 0. The van der Waals surface area contributed by atoms with E-state index in [1.54, 1.807) is 24.3 Å². The first-order valence-corrected chi connectivity index (χ1v) is 8.87. The number of aliphatic hydroxyl groups is 1. The van der Waals surface area contributed by atoms with Gasteiger partial charge in [-0.25, -0.2) is 0 Å². The average Bonchev–Trinajstić information content (AvgIpc) is 3.02. The summed E-state index contributed by atoms with van der Waals surface area (Å²) < 4.78 is 0. The van der Waals surface area contributed by atoms with Gasteiger partial charge in [-0.1, -0.05) is 35.9 Å². The third-order valence-electron chi connectivity index (χ3n) is 4.83. The molecular weight excluding hydrogens is 328 g/mol. The van der Waals surface area contributed by atoms with E-state index in [0.29, 0.717) is 30.5 Å². The number of nitrogens with two attached hydrogens (primary N) is 1. The fourth-order valence-corrected chi connectivity index (χ4v) is 3.37. The summed E-state index contributed by atoms with van der Waals surface area (Å²) in [6.45, 7) is 2.20. The van der Waals surface area contributed by atoms with E-state index >= 15 is 0 Å². The molecule has 26 heavy (non-hydrogen) atoms. The number of hydrogen-bond donors (Lipinski definition) is 2. The lowest BCUT2D eigenvalue weighted by Crippen LogP contribution is -2.40. The summed E-state index contributed by atoms with van der Waals surface area (Å²) in [7, 11) is 0. The molecular formula is C21H24N2O3. The van der Waals surface area contributed by atoms with Gasteiger partial charge in [0.1, 0.15) is 0 Å². The minimum absolute atomic E-state index is 0.0145. The normalized spacial score (nSPS) is 19.5. The molecule has 0 aliphatic carbocycles. The molecule has 2 atom stereocenters. The molecule has 1 fully saturated rings. The van der Waals surface area contributed by atoms with E-state index in [9.17, 15) is 14.7 Å². The number of carbonyl (C=O) groups is 2. The van der Waals surface area contributed by atoms with Crippen LogP contribution in [0.3, 0.4) is 0 Å². The molecule has 2 aromatic carbocycles. The Morgan fingerprint density at radius 1 is 1.19 bits per heavy atom. The molecule has 0 bridgehead atoms. The molecule has 0 radical (unpaired) electrons. The number of Topliss-reactive ketones (excluding diaryl/α,β-unsaturated/α-hetero) is 1. The second-order valence-electron chi connectivity index (χ2n) is 6.94. The van der Waals surface area contributed by atoms with Crippen molar-refractivity contribution in [3.63, 3.8) is 0 Å². The molecule has 0 aromatic heterocycles. The molecule has 136 valence electrons. The number of anilines is 1. The Morgan fingerprint density at radius 3 is 2.62 bits per heavy atom. The predicted octanol–water partition coefficient (Wildman–Crippen LogP) is 2.35. The highest BCUT2D eigenvalue weighted by Gasteiger charge is 2.38. The van der Waals surface area contributed by atoms with E-state index in [-0.39, 0.29) is 18.2 Å². The number of benzene rings is 2. The van der Waals surface area contributed by atoms with Crippen LogP contribution in [0.5, 0.6) is 0 Å². The maximum absolute atomic E-state index is 12.8. The number of likely N-dealkylation sites (tertiary alicyclic amines) is 1. The van der Waals surface area contributed by atoms with Gasteiger partial charge in [0.25, 0.3) is 5.91 Å². The van der Waals surface area contributed by atoms with Crippen LogP contribution < -0.4 is 5.73 Å². The zero-order valence-electron chi connectivity index (χ0n) is 14.9. The van der Waals surface area contributed by atoms with Crippen LogP contribution in [0.2, 0.25) is 0 Å². The lowest BCUT2D eigenvalue weighted by Gasteiger charge is -2.23. The van der Waals surface area contributed by atoms with Crippen LogP contribution in [-0.2, 0) is 11.2 Å². The number of ketones is 1. The lowest BCUT2D eigenvalue weighted by atomic mass is 10.0. The van der Waals surface area contributed by atoms with Gasteiger partial charge in [0, 0.05) is 30.6 Å². The number of aliphatic hydroxyl groups excluding tert-OH is 1. The minimum atomic E-state index is -0.673. The van der Waals surface area contributed by atoms with Gasteiger partial charge in [0.05, 0.1) is 12.1 Å². The molecule has 1 aliphatic rings. The van der Waals surface area contributed by atoms with Crippen molar-refractivity contribution in [2.45, 2.75) is 38.3 Å². The summed E-state index contributed by atoms with van der Waals surface area (Å²) in [6, 6.07) is 14.2. The highest BCUT2D eigenvalue weighted by Crippen LogP contribution is 2.23. The molecule has 1 heterocycles. The van der Waals surface area contributed by atoms with Gasteiger partial charge in [0.2, 0.25) is 0 Å². The van der Waals surface area contributed by atoms with Crippen molar-refractivity contribution in [3.8, 4) is 0 Å². The third-order valence-corrected chi connectivity index (χ3v) is 4.83. The van der Waals surface area contributed by atoms with Gasteiger partial charge in [-0.2, -0.15) is 0 Å². The molecule has 2 aromatic rings. The zero-order valence-corrected chi connectivity index (χ0v) is 14.9. The van der Waals surface area contributed by atoms with Crippen LogP contribution in [0.15, 0.2) is 48.5 Å². The Balaban J connectivity index is 1.69. The van der Waals surface area contributed by atoms with Crippen molar-refractivity contribution < 1.29 is 14.7 Å². The molecule has 5 nitrogen and oxygen atoms in total. The van der Waals surface area contributed by atoms with Gasteiger partial charge in [0.15, 0.2) is 5.78 Å². The fourth-order valence-electron chi connectivity index (χ4n) is 3.37. The number of nitrogen functional groups attached to an aromatic ring is 1. The first-order valence-electron chi connectivity index (χ1n) is 8.87. The zero-order chi connectivity index (χ0) is 18.7. The molecule has 3 rings (SSSR count). The van der Waals surface area contributed by atoms with Crippen molar-refractivity contribution >= 4 is 17.4 Å². The molecule has 0 unspecified atom stereocenters. The van der Waals surface area contributed by atoms with Crippen LogP contribution in [0.4, 0.5) is 5.69 Å². The van der Waals surface area contributed by atoms with E-state index in [4.69, 9.17) is 5.73 Å². The second-order valence-corrected chi connectivity index (χ2v) is 6.94. The van der Waals surface area contributed by atoms with E-state index in [0.717, 1.165) is 5.56 Å². The molecule has 1 aliphatic heterocycles. The number of rotatable bonds is 5. The second kappa shape index (κ2) is 7.70. The smallest absolute Gasteiger partial charge is 0.254 e. The van der Waals surface area contributed by atoms with Crippen molar-refractivity contribution in [1.29, 1.82) is 0 Å². The average molecular weight is 352 g/mol. The lowest BCUT2D eigenvalue weighted by molar-refractivity contribution is -0.122. The predicted molar refractivity (Wildman–Crippen MR) is 101 cm³/mol.